The lowest BCUT2D eigenvalue weighted by Crippen LogP contribution is -2.25. The average molecular weight is 383 g/mol. The van der Waals surface area contributed by atoms with E-state index >= 15 is 0 Å². The van der Waals surface area contributed by atoms with Crippen molar-refractivity contribution >= 4 is 39.5 Å². The number of hydrogen-bond donors (Lipinski definition) is 1. The standard InChI is InChI=1S/C20H19ClN4O2/c1-12-10-14-13(2)18(27-19(14)15(21)11-12)20(26)22-8-5-9-25-17-7-4-3-6-16(17)23-24-25/h3-4,6-7,10-11H,5,8-9H2,1-2H3,(H,22,26). The van der Waals surface area contributed by atoms with Crippen LogP contribution in [-0.2, 0) is 6.54 Å². The highest BCUT2D eigenvalue weighted by Gasteiger charge is 2.19. The molecule has 4 rings (SSSR count). The maximum atomic E-state index is 12.5. The van der Waals surface area contributed by atoms with E-state index in [9.17, 15) is 4.79 Å². The molecule has 0 saturated carbocycles. The van der Waals surface area contributed by atoms with Gasteiger partial charge in [-0.15, -0.1) is 5.10 Å². The first-order chi connectivity index (χ1) is 13.0. The number of aryl methyl sites for hydroxylation is 3. The Morgan fingerprint density at radius 1 is 1.26 bits per heavy atom. The molecule has 0 spiro atoms. The number of hydrogen-bond acceptors (Lipinski definition) is 4. The van der Waals surface area contributed by atoms with E-state index in [0.717, 1.165) is 34.0 Å². The maximum Gasteiger partial charge on any atom is 0.287 e. The molecule has 0 bridgehead atoms. The number of halogens is 1. The quantitative estimate of drug-likeness (QED) is 0.523. The molecule has 2 heterocycles. The fourth-order valence-corrected chi connectivity index (χ4v) is 3.53. The number of nitrogens with one attached hydrogen (secondary N) is 1. The van der Waals surface area contributed by atoms with Crippen LogP contribution in [0.2, 0.25) is 5.02 Å². The first kappa shape index (κ1) is 17.5. The summed E-state index contributed by atoms with van der Waals surface area (Å²) in [6, 6.07) is 11.6. The molecule has 138 valence electrons. The van der Waals surface area contributed by atoms with Crippen LogP contribution in [0.25, 0.3) is 22.0 Å². The van der Waals surface area contributed by atoms with Gasteiger partial charge in [-0.25, -0.2) is 4.68 Å². The van der Waals surface area contributed by atoms with Crippen LogP contribution in [0, 0.1) is 13.8 Å². The van der Waals surface area contributed by atoms with Crippen LogP contribution < -0.4 is 5.32 Å². The molecule has 4 aromatic rings. The molecule has 1 amide bonds. The fraction of sp³-hybridized carbons (Fsp3) is 0.250. The monoisotopic (exact) mass is 382 g/mol. The smallest absolute Gasteiger partial charge is 0.287 e. The number of benzene rings is 2. The molecule has 2 aromatic heterocycles. The van der Waals surface area contributed by atoms with Crippen LogP contribution in [0.5, 0.6) is 0 Å². The summed E-state index contributed by atoms with van der Waals surface area (Å²) in [6.45, 7) is 5.02. The van der Waals surface area contributed by atoms with Crippen molar-refractivity contribution in [2.24, 2.45) is 0 Å². The van der Waals surface area contributed by atoms with Gasteiger partial charge in [0.1, 0.15) is 5.52 Å². The molecule has 0 aliphatic carbocycles. The highest BCUT2D eigenvalue weighted by molar-refractivity contribution is 6.35. The second-order valence-electron chi connectivity index (χ2n) is 6.59. The minimum atomic E-state index is -0.235. The number of furan rings is 1. The molecule has 7 heteroatoms. The Morgan fingerprint density at radius 2 is 2.07 bits per heavy atom. The number of para-hydroxylation sites is 1. The van der Waals surface area contributed by atoms with E-state index in [1.54, 1.807) is 0 Å². The molecule has 0 saturated heterocycles. The molecule has 0 fully saturated rings. The number of carbonyl (C=O) groups is 1. The van der Waals surface area contributed by atoms with Crippen LogP contribution in [0.1, 0.15) is 28.1 Å². The van der Waals surface area contributed by atoms with Gasteiger partial charge >= 0.3 is 0 Å². The second kappa shape index (κ2) is 7.04. The van der Waals surface area contributed by atoms with Gasteiger partial charge in [0.2, 0.25) is 0 Å². The minimum Gasteiger partial charge on any atom is -0.449 e. The van der Waals surface area contributed by atoms with Crippen molar-refractivity contribution < 1.29 is 9.21 Å². The number of rotatable bonds is 5. The van der Waals surface area contributed by atoms with Crippen molar-refractivity contribution in [3.8, 4) is 0 Å². The van der Waals surface area contributed by atoms with Crippen molar-refractivity contribution in [2.75, 3.05) is 6.54 Å². The van der Waals surface area contributed by atoms with E-state index in [2.05, 4.69) is 15.6 Å². The average Bonchev–Trinajstić information content (AvgIpc) is 3.21. The number of nitrogens with zero attached hydrogens (tertiary/aromatic N) is 3. The van der Waals surface area contributed by atoms with Gasteiger partial charge in [-0.1, -0.05) is 28.9 Å². The zero-order chi connectivity index (χ0) is 19.0. The molecule has 0 radical (unpaired) electrons. The lowest BCUT2D eigenvalue weighted by molar-refractivity contribution is 0.0926. The minimum absolute atomic E-state index is 0.235. The van der Waals surface area contributed by atoms with Crippen molar-refractivity contribution in [1.29, 1.82) is 0 Å². The lowest BCUT2D eigenvalue weighted by Gasteiger charge is -2.05. The van der Waals surface area contributed by atoms with Crippen molar-refractivity contribution in [3.05, 3.63) is 58.3 Å². The Bertz CT molecular complexity index is 1150. The third kappa shape index (κ3) is 3.28. The number of carbonyl (C=O) groups excluding carboxylic acids is 1. The second-order valence-corrected chi connectivity index (χ2v) is 7.00. The van der Waals surface area contributed by atoms with E-state index < -0.39 is 0 Å². The van der Waals surface area contributed by atoms with Crippen molar-refractivity contribution in [1.82, 2.24) is 20.3 Å². The lowest BCUT2D eigenvalue weighted by atomic mass is 10.1. The van der Waals surface area contributed by atoms with E-state index in [1.807, 2.05) is 54.9 Å². The van der Waals surface area contributed by atoms with Gasteiger partial charge in [-0.3, -0.25) is 4.79 Å². The van der Waals surface area contributed by atoms with Crippen molar-refractivity contribution in [3.63, 3.8) is 0 Å². The van der Waals surface area contributed by atoms with E-state index in [-0.39, 0.29) is 5.91 Å². The number of aromatic nitrogens is 3. The number of fused-ring (bicyclic) bond motifs is 2. The van der Waals surface area contributed by atoms with Crippen LogP contribution in [-0.4, -0.2) is 27.4 Å². The molecule has 0 aliphatic heterocycles. The van der Waals surface area contributed by atoms with Gasteiger partial charge in [0, 0.05) is 24.0 Å². The molecule has 2 aromatic carbocycles. The molecular weight excluding hydrogens is 364 g/mol. The van der Waals surface area contributed by atoms with Crippen LogP contribution >= 0.6 is 11.6 Å². The molecule has 6 nitrogen and oxygen atoms in total. The van der Waals surface area contributed by atoms with Gasteiger partial charge < -0.3 is 9.73 Å². The largest absolute Gasteiger partial charge is 0.449 e. The van der Waals surface area contributed by atoms with E-state index in [0.29, 0.717) is 29.5 Å². The van der Waals surface area contributed by atoms with E-state index in [1.165, 1.54) is 0 Å². The zero-order valence-electron chi connectivity index (χ0n) is 15.1. The van der Waals surface area contributed by atoms with Gasteiger partial charge in [0.05, 0.1) is 10.5 Å². The third-order valence-electron chi connectivity index (χ3n) is 4.60. The molecule has 1 N–H and O–H groups in total. The van der Waals surface area contributed by atoms with Crippen LogP contribution in [0.4, 0.5) is 0 Å². The first-order valence-electron chi connectivity index (χ1n) is 8.80. The Labute approximate surface area is 161 Å². The highest BCUT2D eigenvalue weighted by Crippen LogP contribution is 2.32. The molecule has 0 unspecified atom stereocenters. The van der Waals surface area contributed by atoms with Crippen LogP contribution in [0.15, 0.2) is 40.8 Å². The summed E-state index contributed by atoms with van der Waals surface area (Å²) in [4.78, 5) is 12.5. The predicted octanol–water partition coefficient (Wildman–Crippen LogP) is 4.27. The Balaban J connectivity index is 1.42. The predicted molar refractivity (Wildman–Crippen MR) is 105 cm³/mol. The Kier molecular flexibility index (Phi) is 4.58. The Morgan fingerprint density at radius 3 is 2.93 bits per heavy atom. The van der Waals surface area contributed by atoms with Gasteiger partial charge in [0.25, 0.3) is 5.91 Å². The topological polar surface area (TPSA) is 73.0 Å². The molecule has 27 heavy (non-hydrogen) atoms. The summed E-state index contributed by atoms with van der Waals surface area (Å²) >= 11 is 6.24. The van der Waals surface area contributed by atoms with E-state index in [4.69, 9.17) is 16.0 Å². The third-order valence-corrected chi connectivity index (χ3v) is 4.88. The summed E-state index contributed by atoms with van der Waals surface area (Å²) in [6.07, 6.45) is 0.734. The van der Waals surface area contributed by atoms with Gasteiger partial charge in [0.15, 0.2) is 11.3 Å². The van der Waals surface area contributed by atoms with Crippen LogP contribution in [0.3, 0.4) is 0 Å². The molecule has 0 atom stereocenters. The zero-order valence-corrected chi connectivity index (χ0v) is 15.9. The summed E-state index contributed by atoms with van der Waals surface area (Å²) in [7, 11) is 0. The number of amides is 1. The normalized spacial score (nSPS) is 11.4. The summed E-state index contributed by atoms with van der Waals surface area (Å²) in [5.41, 5.74) is 4.24. The fourth-order valence-electron chi connectivity index (χ4n) is 3.22. The van der Waals surface area contributed by atoms with Gasteiger partial charge in [-0.05, 0) is 50.1 Å². The van der Waals surface area contributed by atoms with Crippen molar-refractivity contribution in [2.45, 2.75) is 26.8 Å². The SMILES string of the molecule is Cc1cc(Cl)c2oc(C(=O)NCCCn3nnc4ccccc43)c(C)c2c1. The summed E-state index contributed by atoms with van der Waals surface area (Å²) < 4.78 is 7.58. The highest BCUT2D eigenvalue weighted by atomic mass is 35.5. The molecular formula is C20H19ClN4O2. The Hall–Kier alpha value is -2.86. The van der Waals surface area contributed by atoms with Gasteiger partial charge in [-0.2, -0.15) is 0 Å². The maximum absolute atomic E-state index is 12.5. The summed E-state index contributed by atoms with van der Waals surface area (Å²) in [5, 5.41) is 12.6. The summed E-state index contributed by atoms with van der Waals surface area (Å²) in [5.74, 6) is 0.0737. The first-order valence-corrected chi connectivity index (χ1v) is 9.18. The molecule has 0 aliphatic rings.